The Bertz CT molecular complexity index is 170. The summed E-state index contributed by atoms with van der Waals surface area (Å²) in [6, 6.07) is -0.956. The van der Waals surface area contributed by atoms with Crippen LogP contribution in [0.15, 0.2) is 0 Å². The molecule has 2 N–H and O–H groups in total. The zero-order valence-corrected chi connectivity index (χ0v) is 5.20. The molecule has 0 aliphatic rings. The van der Waals surface area contributed by atoms with Gasteiger partial charge in [0, 0.05) is 6.42 Å². The van der Waals surface area contributed by atoms with Gasteiger partial charge in [-0.15, -0.1) is 12.3 Å². The molecule has 0 aromatic carbocycles. The molecule has 1 atom stereocenters. The van der Waals surface area contributed by atoms with Crippen LogP contribution in [0.25, 0.3) is 0 Å². The largest absolute Gasteiger partial charge is 0.480 e. The lowest BCUT2D eigenvalue weighted by Crippen LogP contribution is -2.35. The highest BCUT2D eigenvalue weighted by Crippen LogP contribution is 1.87. The standard InChI is InChI=1S/C6H7NO3/c1-2-3-5(6(9)10)7-4-8/h1,4-5H,3H2,(H,7,8)(H,9,10). The highest BCUT2D eigenvalue weighted by molar-refractivity contribution is 5.76. The van der Waals surface area contributed by atoms with Gasteiger partial charge in [-0.3, -0.25) is 4.79 Å². The number of carboxylic acid groups (broad SMARTS) is 1. The van der Waals surface area contributed by atoms with E-state index in [1.165, 1.54) is 0 Å². The summed E-state index contributed by atoms with van der Waals surface area (Å²) in [6.45, 7) is 0. The van der Waals surface area contributed by atoms with E-state index in [2.05, 4.69) is 11.2 Å². The molecule has 0 heterocycles. The molecule has 0 aromatic rings. The van der Waals surface area contributed by atoms with Crippen molar-refractivity contribution in [2.24, 2.45) is 0 Å². The smallest absolute Gasteiger partial charge is 0.327 e. The third-order valence-corrected chi connectivity index (χ3v) is 0.889. The molecule has 0 saturated heterocycles. The predicted octanol–water partition coefficient (Wildman–Crippen LogP) is -0.791. The first-order chi connectivity index (χ1) is 4.72. The van der Waals surface area contributed by atoms with Gasteiger partial charge in [0.05, 0.1) is 0 Å². The molecule has 0 aromatic heterocycles. The van der Waals surface area contributed by atoms with Gasteiger partial charge in [-0.25, -0.2) is 4.79 Å². The fraction of sp³-hybridized carbons (Fsp3) is 0.333. The van der Waals surface area contributed by atoms with Crippen molar-refractivity contribution in [1.82, 2.24) is 5.32 Å². The van der Waals surface area contributed by atoms with E-state index in [1.54, 1.807) is 0 Å². The number of carboxylic acids is 1. The van der Waals surface area contributed by atoms with Crippen LogP contribution < -0.4 is 5.32 Å². The van der Waals surface area contributed by atoms with E-state index >= 15 is 0 Å². The highest BCUT2D eigenvalue weighted by Gasteiger charge is 2.13. The zero-order valence-electron chi connectivity index (χ0n) is 5.20. The predicted molar refractivity (Wildman–Crippen MR) is 34.1 cm³/mol. The van der Waals surface area contributed by atoms with E-state index in [1.807, 2.05) is 0 Å². The third-order valence-electron chi connectivity index (χ3n) is 0.889. The van der Waals surface area contributed by atoms with Crippen LogP contribution in [0.5, 0.6) is 0 Å². The van der Waals surface area contributed by atoms with Crippen molar-refractivity contribution in [2.75, 3.05) is 0 Å². The van der Waals surface area contributed by atoms with Crippen LogP contribution >= 0.6 is 0 Å². The molecule has 4 heteroatoms. The van der Waals surface area contributed by atoms with Gasteiger partial charge >= 0.3 is 5.97 Å². The second-order valence-corrected chi connectivity index (χ2v) is 1.58. The molecule has 54 valence electrons. The van der Waals surface area contributed by atoms with E-state index < -0.39 is 12.0 Å². The van der Waals surface area contributed by atoms with E-state index in [-0.39, 0.29) is 6.42 Å². The van der Waals surface area contributed by atoms with Crippen LogP contribution in [0.1, 0.15) is 6.42 Å². The first-order valence-corrected chi connectivity index (χ1v) is 2.58. The summed E-state index contributed by atoms with van der Waals surface area (Å²) in [7, 11) is 0. The number of terminal acetylenes is 1. The first kappa shape index (κ1) is 8.50. The fourth-order valence-electron chi connectivity index (χ4n) is 0.418. The van der Waals surface area contributed by atoms with Crippen LogP contribution in [0.3, 0.4) is 0 Å². The molecule has 0 aliphatic carbocycles. The second kappa shape index (κ2) is 4.39. The van der Waals surface area contributed by atoms with Crippen molar-refractivity contribution in [3.05, 3.63) is 0 Å². The van der Waals surface area contributed by atoms with Crippen LogP contribution in [-0.2, 0) is 9.59 Å². The average molecular weight is 141 g/mol. The van der Waals surface area contributed by atoms with Crippen molar-refractivity contribution in [3.8, 4) is 12.3 Å². The summed E-state index contributed by atoms with van der Waals surface area (Å²) in [4.78, 5) is 19.9. The molecule has 0 saturated carbocycles. The molecule has 4 nitrogen and oxygen atoms in total. The minimum Gasteiger partial charge on any atom is -0.480 e. The molecule has 10 heavy (non-hydrogen) atoms. The Hall–Kier alpha value is -1.50. The minimum atomic E-state index is -1.12. The van der Waals surface area contributed by atoms with E-state index in [0.717, 1.165) is 0 Å². The number of aliphatic carboxylic acids is 1. The SMILES string of the molecule is C#CCC(NC=O)C(=O)O. The lowest BCUT2D eigenvalue weighted by molar-refractivity contribution is -0.140. The molecule has 0 fully saturated rings. The number of nitrogens with one attached hydrogen (secondary N) is 1. The van der Waals surface area contributed by atoms with Gasteiger partial charge in [0.2, 0.25) is 6.41 Å². The maximum atomic E-state index is 10.2. The lowest BCUT2D eigenvalue weighted by Gasteiger charge is -2.04. The van der Waals surface area contributed by atoms with Crippen molar-refractivity contribution < 1.29 is 14.7 Å². The number of rotatable bonds is 4. The maximum Gasteiger partial charge on any atom is 0.327 e. The van der Waals surface area contributed by atoms with E-state index in [9.17, 15) is 9.59 Å². The topological polar surface area (TPSA) is 66.4 Å². The second-order valence-electron chi connectivity index (χ2n) is 1.58. The maximum absolute atomic E-state index is 10.2. The number of carbonyl (C=O) groups is 2. The van der Waals surface area contributed by atoms with Gasteiger partial charge in [0.15, 0.2) is 0 Å². The fourth-order valence-corrected chi connectivity index (χ4v) is 0.418. The summed E-state index contributed by atoms with van der Waals surface area (Å²) < 4.78 is 0. The minimum absolute atomic E-state index is 0.00801. The van der Waals surface area contributed by atoms with Crippen molar-refractivity contribution >= 4 is 12.4 Å². The molecule has 0 rings (SSSR count). The Morgan fingerprint density at radius 1 is 1.90 bits per heavy atom. The summed E-state index contributed by atoms with van der Waals surface area (Å²) >= 11 is 0. The van der Waals surface area contributed by atoms with Crippen molar-refractivity contribution in [3.63, 3.8) is 0 Å². The number of hydrogen-bond donors (Lipinski definition) is 2. The van der Waals surface area contributed by atoms with Crippen LogP contribution in [0.2, 0.25) is 0 Å². The first-order valence-electron chi connectivity index (χ1n) is 2.58. The van der Waals surface area contributed by atoms with Gasteiger partial charge in [-0.05, 0) is 0 Å². The lowest BCUT2D eigenvalue weighted by atomic mass is 10.2. The summed E-state index contributed by atoms with van der Waals surface area (Å²) in [5.41, 5.74) is 0. The van der Waals surface area contributed by atoms with Gasteiger partial charge in [-0.2, -0.15) is 0 Å². The van der Waals surface area contributed by atoms with Crippen LogP contribution in [0.4, 0.5) is 0 Å². The Morgan fingerprint density at radius 3 is 2.80 bits per heavy atom. The summed E-state index contributed by atoms with van der Waals surface area (Å²) in [5, 5.41) is 10.4. The zero-order chi connectivity index (χ0) is 7.98. The number of hydrogen-bond acceptors (Lipinski definition) is 2. The molecule has 0 bridgehead atoms. The molecule has 0 aliphatic heterocycles. The van der Waals surface area contributed by atoms with Gasteiger partial charge < -0.3 is 10.4 Å². The molecule has 0 radical (unpaired) electrons. The van der Waals surface area contributed by atoms with Crippen molar-refractivity contribution in [2.45, 2.75) is 12.5 Å². The van der Waals surface area contributed by atoms with Gasteiger partial charge in [0.1, 0.15) is 6.04 Å². The van der Waals surface area contributed by atoms with Gasteiger partial charge in [0.25, 0.3) is 0 Å². The molecule has 0 spiro atoms. The van der Waals surface area contributed by atoms with Crippen LogP contribution in [-0.4, -0.2) is 23.5 Å². The Morgan fingerprint density at radius 2 is 2.50 bits per heavy atom. The molecular weight excluding hydrogens is 134 g/mol. The van der Waals surface area contributed by atoms with E-state index in [0.29, 0.717) is 6.41 Å². The van der Waals surface area contributed by atoms with Crippen molar-refractivity contribution in [1.29, 1.82) is 0 Å². The third kappa shape index (κ3) is 2.72. The monoisotopic (exact) mass is 141 g/mol. The average Bonchev–Trinajstić information content (AvgIpc) is 1.87. The Balaban J connectivity index is 3.86. The van der Waals surface area contributed by atoms with Crippen LogP contribution in [0, 0.1) is 12.3 Å². The normalized spacial score (nSPS) is 11.1. The molecule has 1 amide bonds. The number of carbonyl (C=O) groups excluding carboxylic acids is 1. The summed E-state index contributed by atoms with van der Waals surface area (Å²) in [5.74, 6) is 1.01. The Kier molecular flexibility index (Phi) is 3.73. The van der Waals surface area contributed by atoms with E-state index in [4.69, 9.17) is 11.5 Å². The number of amides is 1. The Labute approximate surface area is 58.2 Å². The highest BCUT2D eigenvalue weighted by atomic mass is 16.4. The molecular formula is C6H7NO3. The van der Waals surface area contributed by atoms with Gasteiger partial charge in [-0.1, -0.05) is 0 Å². The quantitative estimate of drug-likeness (QED) is 0.398. The summed E-state index contributed by atoms with van der Waals surface area (Å²) in [6.07, 6.45) is 5.15. The molecule has 1 unspecified atom stereocenters.